The van der Waals surface area contributed by atoms with Gasteiger partial charge in [-0.05, 0) is 66.6 Å². The van der Waals surface area contributed by atoms with Gasteiger partial charge in [0, 0.05) is 25.8 Å². The molecule has 1 atom stereocenters. The van der Waals surface area contributed by atoms with E-state index in [9.17, 15) is 15.3 Å². The monoisotopic (exact) mass is 438 g/mol. The molecular formula is C24H30N4O4. The van der Waals surface area contributed by atoms with Gasteiger partial charge in [0.05, 0.1) is 11.3 Å². The van der Waals surface area contributed by atoms with Crippen LogP contribution in [-0.2, 0) is 17.6 Å². The molecule has 0 spiro atoms. The van der Waals surface area contributed by atoms with Crippen molar-refractivity contribution in [3.05, 3.63) is 47.0 Å². The Morgan fingerprint density at radius 2 is 1.84 bits per heavy atom. The van der Waals surface area contributed by atoms with Gasteiger partial charge in [0.15, 0.2) is 5.82 Å². The normalized spacial score (nSPS) is 15.4. The van der Waals surface area contributed by atoms with Crippen molar-refractivity contribution in [3.8, 4) is 34.6 Å². The zero-order valence-corrected chi connectivity index (χ0v) is 18.7. The maximum absolute atomic E-state index is 10.5. The first-order chi connectivity index (χ1) is 15.4. The minimum absolute atomic E-state index is 0.0260. The SMILES string of the molecule is COCCCNC1Cc2ccc(-n3c(O)nnc3-c3cc(C(C)C)c(O)cc3O)cc2C1. The third-order valence-corrected chi connectivity index (χ3v) is 5.99. The number of nitrogens with one attached hydrogen (secondary N) is 1. The zero-order chi connectivity index (χ0) is 22.8. The minimum atomic E-state index is -0.259. The van der Waals surface area contributed by atoms with Crippen LogP contribution >= 0.6 is 0 Å². The molecule has 8 nitrogen and oxygen atoms in total. The molecule has 170 valence electrons. The van der Waals surface area contributed by atoms with Gasteiger partial charge in [-0.1, -0.05) is 25.0 Å². The molecule has 0 saturated heterocycles. The molecule has 4 N–H and O–H groups in total. The number of methoxy groups -OCH3 is 1. The fourth-order valence-electron chi connectivity index (χ4n) is 4.33. The Labute approximate surface area is 187 Å². The van der Waals surface area contributed by atoms with E-state index in [0.717, 1.165) is 38.1 Å². The van der Waals surface area contributed by atoms with Crippen LogP contribution in [0.4, 0.5) is 0 Å². The Hall–Kier alpha value is -3.10. The lowest BCUT2D eigenvalue weighted by molar-refractivity contribution is 0.193. The maximum atomic E-state index is 10.5. The average Bonchev–Trinajstić information content (AvgIpc) is 3.33. The Morgan fingerprint density at radius 1 is 1.06 bits per heavy atom. The second-order valence-corrected chi connectivity index (χ2v) is 8.60. The molecule has 1 heterocycles. The Balaban J connectivity index is 1.64. The van der Waals surface area contributed by atoms with Crippen molar-refractivity contribution in [2.24, 2.45) is 0 Å². The van der Waals surface area contributed by atoms with Crippen molar-refractivity contribution in [2.75, 3.05) is 20.3 Å². The third-order valence-electron chi connectivity index (χ3n) is 5.99. The standard InChI is InChI=1S/C24H30N4O4/c1-14(2)19-12-20(22(30)13-21(19)29)23-26-27-24(31)28(23)18-6-5-15-9-17(10-16(15)11-18)25-7-4-8-32-3/h5-6,11-14,17,25,29-30H,4,7-10H2,1-3H3,(H,27,31). The molecule has 0 bridgehead atoms. The third kappa shape index (κ3) is 4.28. The predicted molar refractivity (Wildman–Crippen MR) is 122 cm³/mol. The van der Waals surface area contributed by atoms with E-state index < -0.39 is 0 Å². The Kier molecular flexibility index (Phi) is 6.34. The van der Waals surface area contributed by atoms with E-state index in [1.165, 1.54) is 21.8 Å². The van der Waals surface area contributed by atoms with Crippen molar-refractivity contribution in [3.63, 3.8) is 0 Å². The molecule has 0 fully saturated rings. The summed E-state index contributed by atoms with van der Waals surface area (Å²) in [5.74, 6) is 0.266. The highest BCUT2D eigenvalue weighted by molar-refractivity contribution is 5.70. The van der Waals surface area contributed by atoms with E-state index in [-0.39, 0.29) is 23.4 Å². The van der Waals surface area contributed by atoms with Crippen LogP contribution in [0.3, 0.4) is 0 Å². The molecule has 32 heavy (non-hydrogen) atoms. The van der Waals surface area contributed by atoms with Crippen LogP contribution in [0.2, 0.25) is 0 Å². The molecule has 2 aromatic carbocycles. The zero-order valence-electron chi connectivity index (χ0n) is 18.7. The summed E-state index contributed by atoms with van der Waals surface area (Å²) in [6.45, 7) is 5.57. The molecular weight excluding hydrogens is 408 g/mol. The first-order valence-electron chi connectivity index (χ1n) is 10.9. The Morgan fingerprint density at radius 3 is 2.59 bits per heavy atom. The highest BCUT2D eigenvalue weighted by Gasteiger charge is 2.24. The fraction of sp³-hybridized carbons (Fsp3) is 0.417. The number of aromatic hydroxyl groups is 3. The number of hydrogen-bond acceptors (Lipinski definition) is 7. The number of benzene rings is 2. The predicted octanol–water partition coefficient (Wildman–Crippen LogP) is 3.27. The van der Waals surface area contributed by atoms with Gasteiger partial charge < -0.3 is 25.4 Å². The molecule has 1 unspecified atom stereocenters. The summed E-state index contributed by atoms with van der Waals surface area (Å²) in [4.78, 5) is 0. The summed E-state index contributed by atoms with van der Waals surface area (Å²) in [6.07, 6.45) is 2.83. The summed E-state index contributed by atoms with van der Waals surface area (Å²) in [6, 6.07) is 9.16. The van der Waals surface area contributed by atoms with Crippen molar-refractivity contribution >= 4 is 0 Å². The highest BCUT2D eigenvalue weighted by Crippen LogP contribution is 2.39. The van der Waals surface area contributed by atoms with Crippen molar-refractivity contribution < 1.29 is 20.1 Å². The molecule has 0 saturated carbocycles. The number of phenols is 2. The first-order valence-corrected chi connectivity index (χ1v) is 10.9. The first kappa shape index (κ1) is 22.1. The number of phenolic OH excluding ortho intramolecular Hbond substituents is 2. The molecule has 1 aliphatic rings. The minimum Gasteiger partial charge on any atom is -0.508 e. The van der Waals surface area contributed by atoms with Gasteiger partial charge in [-0.25, -0.2) is 4.57 Å². The number of aromatic nitrogens is 3. The van der Waals surface area contributed by atoms with Crippen LogP contribution < -0.4 is 5.32 Å². The van der Waals surface area contributed by atoms with Crippen LogP contribution in [0, 0.1) is 0 Å². The highest BCUT2D eigenvalue weighted by atomic mass is 16.5. The van der Waals surface area contributed by atoms with Crippen LogP contribution in [0.1, 0.15) is 42.9 Å². The van der Waals surface area contributed by atoms with Gasteiger partial charge in [-0.15, -0.1) is 5.10 Å². The van der Waals surface area contributed by atoms with Crippen molar-refractivity contribution in [2.45, 2.75) is 45.1 Å². The smallest absolute Gasteiger partial charge is 0.319 e. The topological polar surface area (TPSA) is 113 Å². The van der Waals surface area contributed by atoms with E-state index in [2.05, 4.69) is 21.6 Å². The molecule has 1 aliphatic carbocycles. The molecule has 1 aromatic heterocycles. The van der Waals surface area contributed by atoms with E-state index in [1.807, 2.05) is 26.0 Å². The summed E-state index contributed by atoms with van der Waals surface area (Å²) in [7, 11) is 1.71. The molecule has 3 aromatic rings. The van der Waals surface area contributed by atoms with Gasteiger partial charge in [-0.3, -0.25) is 0 Å². The van der Waals surface area contributed by atoms with E-state index in [0.29, 0.717) is 23.0 Å². The van der Waals surface area contributed by atoms with E-state index in [1.54, 1.807) is 13.2 Å². The molecule has 8 heteroatoms. The van der Waals surface area contributed by atoms with Crippen LogP contribution in [0.5, 0.6) is 17.5 Å². The van der Waals surface area contributed by atoms with Gasteiger partial charge >= 0.3 is 6.01 Å². The van der Waals surface area contributed by atoms with Crippen molar-refractivity contribution in [1.82, 2.24) is 20.1 Å². The van der Waals surface area contributed by atoms with Crippen LogP contribution in [0.25, 0.3) is 17.1 Å². The number of ether oxygens (including phenoxy) is 1. The molecule has 4 rings (SSSR count). The van der Waals surface area contributed by atoms with E-state index >= 15 is 0 Å². The molecule has 0 radical (unpaired) electrons. The van der Waals surface area contributed by atoms with E-state index in [4.69, 9.17) is 4.74 Å². The number of rotatable bonds is 8. The van der Waals surface area contributed by atoms with Gasteiger partial charge in [-0.2, -0.15) is 0 Å². The lowest BCUT2D eigenvalue weighted by Gasteiger charge is -2.14. The van der Waals surface area contributed by atoms with Crippen LogP contribution in [-0.4, -0.2) is 56.4 Å². The average molecular weight is 439 g/mol. The second kappa shape index (κ2) is 9.18. The fourth-order valence-corrected chi connectivity index (χ4v) is 4.33. The second-order valence-electron chi connectivity index (χ2n) is 8.60. The summed E-state index contributed by atoms with van der Waals surface area (Å²) < 4.78 is 6.63. The number of hydrogen-bond donors (Lipinski definition) is 4. The Bertz CT molecular complexity index is 1110. The summed E-state index contributed by atoms with van der Waals surface area (Å²) in [5, 5.41) is 42.7. The number of nitrogens with zero attached hydrogens (tertiary/aromatic N) is 3. The van der Waals surface area contributed by atoms with Crippen molar-refractivity contribution in [1.29, 1.82) is 0 Å². The molecule has 0 aliphatic heterocycles. The lowest BCUT2D eigenvalue weighted by Crippen LogP contribution is -2.30. The van der Waals surface area contributed by atoms with Gasteiger partial charge in [0.1, 0.15) is 11.5 Å². The largest absolute Gasteiger partial charge is 0.508 e. The lowest BCUT2D eigenvalue weighted by atomic mass is 9.98. The summed E-state index contributed by atoms with van der Waals surface area (Å²) in [5.41, 5.74) is 4.30. The van der Waals surface area contributed by atoms with Gasteiger partial charge in [0.2, 0.25) is 0 Å². The number of fused-ring (bicyclic) bond motifs is 1. The van der Waals surface area contributed by atoms with Gasteiger partial charge in [0.25, 0.3) is 0 Å². The maximum Gasteiger partial charge on any atom is 0.319 e. The molecule has 0 amide bonds. The quantitative estimate of drug-likeness (QED) is 0.399. The summed E-state index contributed by atoms with van der Waals surface area (Å²) >= 11 is 0. The van der Waals surface area contributed by atoms with Crippen LogP contribution in [0.15, 0.2) is 30.3 Å².